The van der Waals surface area contributed by atoms with Crippen molar-refractivity contribution in [3.8, 4) is 11.5 Å². The molecule has 0 radical (unpaired) electrons. The summed E-state index contributed by atoms with van der Waals surface area (Å²) in [7, 11) is 1.75. The molecule has 0 aliphatic heterocycles. The molecule has 0 amide bonds. The molecule has 0 spiro atoms. The minimum absolute atomic E-state index is 0. The molecule has 1 heterocycles. The van der Waals surface area contributed by atoms with Crippen LogP contribution in [0.2, 0.25) is 0 Å². The van der Waals surface area contributed by atoms with Crippen molar-refractivity contribution in [1.29, 1.82) is 0 Å². The lowest BCUT2D eigenvalue weighted by atomic mass is 10.1. The summed E-state index contributed by atoms with van der Waals surface area (Å²) in [5, 5.41) is 6.56. The molecule has 2 aromatic rings. The number of aromatic nitrogens is 1. The van der Waals surface area contributed by atoms with Crippen molar-refractivity contribution in [2.75, 3.05) is 20.2 Å². The summed E-state index contributed by atoms with van der Waals surface area (Å²) >= 11 is 0. The van der Waals surface area contributed by atoms with Gasteiger partial charge in [-0.2, -0.15) is 0 Å². The van der Waals surface area contributed by atoms with Crippen molar-refractivity contribution in [3.63, 3.8) is 0 Å². The predicted octanol–water partition coefficient (Wildman–Crippen LogP) is 3.93. The van der Waals surface area contributed by atoms with Crippen molar-refractivity contribution >= 4 is 29.9 Å². The van der Waals surface area contributed by atoms with Crippen LogP contribution in [0.4, 0.5) is 0 Å². The Labute approximate surface area is 185 Å². The molecule has 28 heavy (non-hydrogen) atoms. The van der Waals surface area contributed by atoms with Gasteiger partial charge in [0.05, 0.1) is 12.7 Å². The first-order valence-corrected chi connectivity index (χ1v) is 9.13. The summed E-state index contributed by atoms with van der Waals surface area (Å²) < 4.78 is 11.7. The lowest BCUT2D eigenvalue weighted by Gasteiger charge is -2.24. The zero-order valence-electron chi connectivity index (χ0n) is 17.3. The quantitative estimate of drug-likeness (QED) is 0.262. The highest BCUT2D eigenvalue weighted by atomic mass is 127. The molecule has 1 aromatic carbocycles. The van der Waals surface area contributed by atoms with Crippen LogP contribution in [0.25, 0.3) is 0 Å². The first-order chi connectivity index (χ1) is 12.9. The third-order valence-corrected chi connectivity index (χ3v) is 3.61. The van der Waals surface area contributed by atoms with Crippen molar-refractivity contribution in [2.24, 2.45) is 4.99 Å². The fourth-order valence-electron chi connectivity index (χ4n) is 2.40. The number of aliphatic imine (C=N–C) groups is 1. The SMILES string of the molecule is CN=C(NCCOc1cccnc1)NCc1ccc(C)cc1OC(C)(C)C.I. The zero-order valence-corrected chi connectivity index (χ0v) is 19.6. The summed E-state index contributed by atoms with van der Waals surface area (Å²) in [5.74, 6) is 2.36. The monoisotopic (exact) mass is 498 g/mol. The van der Waals surface area contributed by atoms with Gasteiger partial charge in [0, 0.05) is 25.4 Å². The number of nitrogens with zero attached hydrogens (tertiary/aromatic N) is 2. The molecular formula is C21H31IN4O2. The highest BCUT2D eigenvalue weighted by Crippen LogP contribution is 2.24. The molecule has 0 aliphatic rings. The van der Waals surface area contributed by atoms with E-state index in [1.807, 2.05) is 12.1 Å². The molecule has 0 atom stereocenters. The van der Waals surface area contributed by atoms with E-state index < -0.39 is 0 Å². The lowest BCUT2D eigenvalue weighted by Crippen LogP contribution is -2.39. The maximum Gasteiger partial charge on any atom is 0.191 e. The first-order valence-electron chi connectivity index (χ1n) is 9.13. The summed E-state index contributed by atoms with van der Waals surface area (Å²) in [4.78, 5) is 8.28. The Morgan fingerprint density at radius 2 is 1.96 bits per heavy atom. The second-order valence-electron chi connectivity index (χ2n) is 7.22. The molecule has 2 rings (SSSR count). The van der Waals surface area contributed by atoms with Gasteiger partial charge in [0.25, 0.3) is 0 Å². The Bertz CT molecular complexity index is 746. The predicted molar refractivity (Wildman–Crippen MR) is 125 cm³/mol. The van der Waals surface area contributed by atoms with Crippen molar-refractivity contribution in [2.45, 2.75) is 39.8 Å². The number of nitrogens with one attached hydrogen (secondary N) is 2. The van der Waals surface area contributed by atoms with Crippen LogP contribution in [0.5, 0.6) is 11.5 Å². The average Bonchev–Trinajstić information content (AvgIpc) is 2.62. The number of aryl methyl sites for hydroxylation is 1. The van der Waals surface area contributed by atoms with Crippen molar-refractivity contribution in [3.05, 3.63) is 53.9 Å². The maximum atomic E-state index is 6.10. The number of rotatable bonds is 7. The molecule has 154 valence electrons. The van der Waals surface area contributed by atoms with Crippen molar-refractivity contribution < 1.29 is 9.47 Å². The van der Waals surface area contributed by atoms with Crippen LogP contribution >= 0.6 is 24.0 Å². The first kappa shape index (κ1) is 24.0. The van der Waals surface area contributed by atoms with Crippen LogP contribution in [-0.2, 0) is 6.54 Å². The summed E-state index contributed by atoms with van der Waals surface area (Å²) in [5.41, 5.74) is 2.02. The third-order valence-electron chi connectivity index (χ3n) is 3.61. The number of pyridine rings is 1. The molecular weight excluding hydrogens is 467 g/mol. The number of guanidine groups is 1. The Hall–Kier alpha value is -2.03. The van der Waals surface area contributed by atoms with E-state index in [-0.39, 0.29) is 29.6 Å². The Balaban J connectivity index is 0.00000392. The van der Waals surface area contributed by atoms with Gasteiger partial charge in [0.2, 0.25) is 0 Å². The Kier molecular flexibility index (Phi) is 10.1. The Morgan fingerprint density at radius 1 is 1.18 bits per heavy atom. The van der Waals surface area contributed by atoms with Gasteiger partial charge in [-0.05, 0) is 51.5 Å². The van der Waals surface area contributed by atoms with E-state index in [0.717, 1.165) is 17.1 Å². The fourth-order valence-corrected chi connectivity index (χ4v) is 2.40. The minimum atomic E-state index is -0.244. The molecule has 6 nitrogen and oxygen atoms in total. The Morgan fingerprint density at radius 3 is 2.61 bits per heavy atom. The van der Waals surface area contributed by atoms with Crippen LogP contribution in [0.15, 0.2) is 47.7 Å². The number of hydrogen-bond acceptors (Lipinski definition) is 4. The molecule has 7 heteroatoms. The van der Waals surface area contributed by atoms with Gasteiger partial charge in [0.15, 0.2) is 5.96 Å². The number of hydrogen-bond donors (Lipinski definition) is 2. The zero-order chi connectivity index (χ0) is 19.7. The van der Waals surface area contributed by atoms with E-state index in [4.69, 9.17) is 9.47 Å². The number of ether oxygens (including phenoxy) is 2. The van der Waals surface area contributed by atoms with Gasteiger partial charge >= 0.3 is 0 Å². The van der Waals surface area contributed by atoms with Crippen molar-refractivity contribution in [1.82, 2.24) is 15.6 Å². The molecule has 0 unspecified atom stereocenters. The maximum absolute atomic E-state index is 6.10. The summed E-state index contributed by atoms with van der Waals surface area (Å²) in [6.07, 6.45) is 3.42. The van der Waals surface area contributed by atoms with E-state index in [1.165, 1.54) is 5.56 Å². The fraction of sp³-hybridized carbons (Fsp3) is 0.429. The third kappa shape index (κ3) is 8.77. The highest BCUT2D eigenvalue weighted by Gasteiger charge is 2.15. The normalized spacial score (nSPS) is 11.4. The van der Waals surface area contributed by atoms with Crippen LogP contribution in [-0.4, -0.2) is 36.7 Å². The molecule has 2 N–H and O–H groups in total. The molecule has 0 saturated carbocycles. The van der Waals surface area contributed by atoms with Gasteiger partial charge in [-0.25, -0.2) is 0 Å². The highest BCUT2D eigenvalue weighted by molar-refractivity contribution is 14.0. The van der Waals surface area contributed by atoms with E-state index in [2.05, 4.69) is 66.5 Å². The molecule has 1 aromatic heterocycles. The van der Waals surface area contributed by atoms with E-state index in [9.17, 15) is 0 Å². The minimum Gasteiger partial charge on any atom is -0.490 e. The van der Waals surface area contributed by atoms with Gasteiger partial charge in [-0.3, -0.25) is 9.98 Å². The standard InChI is InChI=1S/C21H30N4O2.HI/c1-16-8-9-17(19(13-16)27-21(2,3)4)14-25-20(22-5)24-11-12-26-18-7-6-10-23-15-18;/h6-10,13,15H,11-12,14H2,1-5H3,(H2,22,24,25);1H. The summed E-state index contributed by atoms with van der Waals surface area (Å²) in [6, 6.07) is 9.98. The van der Waals surface area contributed by atoms with E-state index in [0.29, 0.717) is 25.7 Å². The van der Waals surface area contributed by atoms with Gasteiger partial charge < -0.3 is 20.1 Å². The van der Waals surface area contributed by atoms with E-state index in [1.54, 1.807) is 19.4 Å². The van der Waals surface area contributed by atoms with Crippen LogP contribution in [0.1, 0.15) is 31.9 Å². The number of benzene rings is 1. The molecule has 0 fully saturated rings. The van der Waals surface area contributed by atoms with Crippen LogP contribution in [0, 0.1) is 6.92 Å². The molecule has 0 bridgehead atoms. The smallest absolute Gasteiger partial charge is 0.191 e. The number of halogens is 1. The van der Waals surface area contributed by atoms with Crippen LogP contribution in [0.3, 0.4) is 0 Å². The average molecular weight is 498 g/mol. The molecule has 0 aliphatic carbocycles. The summed E-state index contributed by atoms with van der Waals surface area (Å²) in [6.45, 7) is 9.99. The molecule has 0 saturated heterocycles. The van der Waals surface area contributed by atoms with E-state index >= 15 is 0 Å². The van der Waals surface area contributed by atoms with Gasteiger partial charge in [-0.15, -0.1) is 24.0 Å². The van der Waals surface area contributed by atoms with Gasteiger partial charge in [0.1, 0.15) is 23.7 Å². The van der Waals surface area contributed by atoms with Gasteiger partial charge in [-0.1, -0.05) is 12.1 Å². The lowest BCUT2D eigenvalue weighted by molar-refractivity contribution is 0.129. The second-order valence-corrected chi connectivity index (χ2v) is 7.22. The van der Waals surface area contributed by atoms with Crippen LogP contribution < -0.4 is 20.1 Å². The largest absolute Gasteiger partial charge is 0.490 e. The topological polar surface area (TPSA) is 67.8 Å². The second kappa shape index (κ2) is 11.7.